The van der Waals surface area contributed by atoms with Crippen molar-refractivity contribution in [3.05, 3.63) is 11.5 Å². The molecule has 0 spiro atoms. The highest BCUT2D eigenvalue weighted by atomic mass is 16.5. The van der Waals surface area contributed by atoms with Gasteiger partial charge in [0, 0.05) is 6.42 Å². The topological polar surface area (TPSA) is 29.5 Å². The zero-order valence-electron chi connectivity index (χ0n) is 6.27. The van der Waals surface area contributed by atoms with E-state index in [1.807, 2.05) is 13.8 Å². The molecule has 0 atom stereocenters. The number of aliphatic hydroxyl groups is 1. The Labute approximate surface area is 56.1 Å². The molecule has 2 nitrogen and oxygen atoms in total. The quantitative estimate of drug-likeness (QED) is 0.593. The molecule has 0 heterocycles. The van der Waals surface area contributed by atoms with Crippen LogP contribution in [0.4, 0.5) is 0 Å². The minimum absolute atomic E-state index is 0.344. The average Bonchev–Trinajstić information content (AvgIpc) is 1.87. The summed E-state index contributed by atoms with van der Waals surface area (Å²) in [5.74, 6) is 0.983. The van der Waals surface area contributed by atoms with E-state index in [0.29, 0.717) is 24.5 Å². The fourth-order valence-electron chi connectivity index (χ4n) is 0.549. The molecule has 2 heteroatoms. The van der Waals surface area contributed by atoms with Gasteiger partial charge in [-0.3, -0.25) is 0 Å². The van der Waals surface area contributed by atoms with Crippen LogP contribution < -0.4 is 0 Å². The van der Waals surface area contributed by atoms with Crippen molar-refractivity contribution in [1.29, 1.82) is 0 Å². The lowest BCUT2D eigenvalue weighted by molar-refractivity contribution is 0.204. The fraction of sp³-hybridized carbons (Fsp3) is 0.714. The Morgan fingerprint density at radius 2 is 2.00 bits per heavy atom. The van der Waals surface area contributed by atoms with Crippen molar-refractivity contribution >= 4 is 0 Å². The molecule has 0 saturated heterocycles. The molecular formula is C7H14O2. The zero-order valence-corrected chi connectivity index (χ0v) is 6.27. The van der Waals surface area contributed by atoms with Gasteiger partial charge in [0.2, 0.25) is 0 Å². The second-order valence-corrected chi connectivity index (χ2v) is 1.79. The summed E-state index contributed by atoms with van der Waals surface area (Å²) < 4.78 is 5.02. The van der Waals surface area contributed by atoms with Crippen LogP contribution in [0.5, 0.6) is 0 Å². The van der Waals surface area contributed by atoms with E-state index in [0.717, 1.165) is 0 Å². The van der Waals surface area contributed by atoms with Gasteiger partial charge in [-0.15, -0.1) is 0 Å². The number of allylic oxidation sites excluding steroid dienone is 2. The van der Waals surface area contributed by atoms with Gasteiger partial charge in [0.25, 0.3) is 0 Å². The zero-order chi connectivity index (χ0) is 7.28. The Bertz CT molecular complexity index is 105. The fourth-order valence-corrected chi connectivity index (χ4v) is 0.549. The summed E-state index contributed by atoms with van der Waals surface area (Å²) in [5, 5.41) is 9.01. The van der Waals surface area contributed by atoms with E-state index < -0.39 is 0 Å². The first kappa shape index (κ1) is 8.34. The first-order chi connectivity index (χ1) is 4.22. The van der Waals surface area contributed by atoms with E-state index in [4.69, 9.17) is 9.84 Å². The molecule has 0 amide bonds. The normalized spacial score (nSPS) is 12.8. The third-order valence-electron chi connectivity index (χ3n) is 1.10. The van der Waals surface area contributed by atoms with Gasteiger partial charge in [0.05, 0.1) is 6.61 Å². The van der Waals surface area contributed by atoms with Crippen molar-refractivity contribution in [2.75, 3.05) is 6.61 Å². The molecule has 0 aliphatic heterocycles. The second-order valence-electron chi connectivity index (χ2n) is 1.79. The van der Waals surface area contributed by atoms with Gasteiger partial charge in [0.15, 0.2) is 0 Å². The van der Waals surface area contributed by atoms with E-state index in [9.17, 15) is 0 Å². The Morgan fingerprint density at radius 1 is 1.44 bits per heavy atom. The van der Waals surface area contributed by atoms with E-state index in [-0.39, 0.29) is 0 Å². The van der Waals surface area contributed by atoms with Crippen molar-refractivity contribution in [3.8, 4) is 0 Å². The number of hydrogen-bond donors (Lipinski definition) is 1. The molecule has 0 aromatic carbocycles. The molecule has 0 radical (unpaired) electrons. The monoisotopic (exact) mass is 130 g/mol. The summed E-state index contributed by atoms with van der Waals surface area (Å²) in [5.41, 5.74) is 0. The molecule has 0 aromatic rings. The van der Waals surface area contributed by atoms with Crippen LogP contribution in [0.3, 0.4) is 0 Å². The Hall–Kier alpha value is -0.660. The molecule has 0 saturated carbocycles. The van der Waals surface area contributed by atoms with Crippen LogP contribution in [0.1, 0.15) is 27.2 Å². The maximum absolute atomic E-state index is 9.01. The van der Waals surface area contributed by atoms with Crippen LogP contribution in [0.15, 0.2) is 11.5 Å². The molecule has 0 bridgehead atoms. The lowest BCUT2D eigenvalue weighted by Crippen LogP contribution is -1.91. The first-order valence-corrected chi connectivity index (χ1v) is 3.23. The summed E-state index contributed by atoms with van der Waals surface area (Å²) >= 11 is 0. The van der Waals surface area contributed by atoms with Crippen LogP contribution in [-0.2, 0) is 4.74 Å². The minimum Gasteiger partial charge on any atom is -0.509 e. The van der Waals surface area contributed by atoms with Gasteiger partial charge in [-0.2, -0.15) is 0 Å². The third-order valence-corrected chi connectivity index (χ3v) is 1.10. The molecule has 54 valence electrons. The SMILES string of the molecule is CCOC(C)=C(O)CC. The molecule has 0 rings (SSSR count). The number of ether oxygens (including phenoxy) is 1. The minimum atomic E-state index is 0.344. The lowest BCUT2D eigenvalue weighted by atomic mass is 10.3. The van der Waals surface area contributed by atoms with Gasteiger partial charge in [-0.05, 0) is 13.8 Å². The standard InChI is InChI=1S/C7H14O2/c1-4-7(8)6(3)9-5-2/h8H,4-5H2,1-3H3. The summed E-state index contributed by atoms with van der Waals surface area (Å²) in [6.45, 7) is 6.17. The summed E-state index contributed by atoms with van der Waals surface area (Å²) in [6.07, 6.45) is 0.645. The summed E-state index contributed by atoms with van der Waals surface area (Å²) in [4.78, 5) is 0. The predicted molar refractivity (Wildman–Crippen MR) is 37.2 cm³/mol. The van der Waals surface area contributed by atoms with E-state index >= 15 is 0 Å². The van der Waals surface area contributed by atoms with Crippen molar-refractivity contribution in [1.82, 2.24) is 0 Å². The maximum Gasteiger partial charge on any atom is 0.130 e. The van der Waals surface area contributed by atoms with Crippen LogP contribution in [0, 0.1) is 0 Å². The molecular weight excluding hydrogens is 116 g/mol. The van der Waals surface area contributed by atoms with Crippen molar-refractivity contribution in [2.24, 2.45) is 0 Å². The number of aliphatic hydroxyl groups excluding tert-OH is 1. The van der Waals surface area contributed by atoms with E-state index in [1.54, 1.807) is 6.92 Å². The van der Waals surface area contributed by atoms with Crippen molar-refractivity contribution < 1.29 is 9.84 Å². The highest BCUT2D eigenvalue weighted by Gasteiger charge is 1.95. The van der Waals surface area contributed by atoms with Crippen molar-refractivity contribution in [2.45, 2.75) is 27.2 Å². The lowest BCUT2D eigenvalue weighted by Gasteiger charge is -2.03. The number of rotatable bonds is 3. The van der Waals surface area contributed by atoms with Crippen LogP contribution in [0.2, 0.25) is 0 Å². The van der Waals surface area contributed by atoms with Crippen molar-refractivity contribution in [3.63, 3.8) is 0 Å². The smallest absolute Gasteiger partial charge is 0.130 e. The van der Waals surface area contributed by atoms with Crippen LogP contribution in [-0.4, -0.2) is 11.7 Å². The van der Waals surface area contributed by atoms with Crippen LogP contribution >= 0.6 is 0 Å². The van der Waals surface area contributed by atoms with Gasteiger partial charge in [-0.25, -0.2) is 0 Å². The largest absolute Gasteiger partial charge is 0.509 e. The molecule has 9 heavy (non-hydrogen) atoms. The van der Waals surface area contributed by atoms with Crippen LogP contribution in [0.25, 0.3) is 0 Å². The first-order valence-electron chi connectivity index (χ1n) is 3.23. The maximum atomic E-state index is 9.01. The molecule has 1 N–H and O–H groups in total. The molecule has 0 unspecified atom stereocenters. The molecule has 0 aromatic heterocycles. The molecule has 0 fully saturated rings. The van der Waals surface area contributed by atoms with Gasteiger partial charge < -0.3 is 9.84 Å². The second kappa shape index (κ2) is 4.24. The van der Waals surface area contributed by atoms with Gasteiger partial charge in [0.1, 0.15) is 11.5 Å². The third kappa shape index (κ3) is 3.01. The number of hydrogen-bond acceptors (Lipinski definition) is 2. The molecule has 0 aliphatic carbocycles. The predicted octanol–water partition coefficient (Wildman–Crippen LogP) is 2.22. The van der Waals surface area contributed by atoms with Gasteiger partial charge >= 0.3 is 0 Å². The average molecular weight is 130 g/mol. The van der Waals surface area contributed by atoms with E-state index in [2.05, 4.69) is 0 Å². The summed E-state index contributed by atoms with van der Waals surface area (Å²) in [7, 11) is 0. The summed E-state index contributed by atoms with van der Waals surface area (Å²) in [6, 6.07) is 0. The Balaban J connectivity index is 3.78. The van der Waals surface area contributed by atoms with E-state index in [1.165, 1.54) is 0 Å². The highest BCUT2D eigenvalue weighted by Crippen LogP contribution is 2.04. The molecule has 0 aliphatic rings. The Morgan fingerprint density at radius 3 is 2.33 bits per heavy atom. The highest BCUT2D eigenvalue weighted by molar-refractivity contribution is 4.95. The Kier molecular flexibility index (Phi) is 3.93. The van der Waals surface area contributed by atoms with Gasteiger partial charge in [-0.1, -0.05) is 6.92 Å².